The van der Waals surface area contributed by atoms with Gasteiger partial charge in [0.05, 0.1) is 0 Å². The maximum Gasteiger partial charge on any atom is 0.126 e. The van der Waals surface area contributed by atoms with Gasteiger partial charge in [0.1, 0.15) is 5.82 Å². The van der Waals surface area contributed by atoms with E-state index in [0.717, 1.165) is 0 Å². The molecule has 0 bridgehead atoms. The lowest BCUT2D eigenvalue weighted by atomic mass is 10.3. The molecule has 1 rings (SSSR count). The summed E-state index contributed by atoms with van der Waals surface area (Å²) in [6.07, 6.45) is 3.87. The monoisotopic (exact) mass is 199 g/mol. The Labute approximate surface area is 82.2 Å². The molecular formula is C10H11ClFN. The number of nitrogens with one attached hydrogen (secondary N) is 1. The summed E-state index contributed by atoms with van der Waals surface area (Å²) in [6.45, 7) is 2.61. The summed E-state index contributed by atoms with van der Waals surface area (Å²) >= 11 is 5.66. The van der Waals surface area contributed by atoms with Crippen molar-refractivity contribution < 1.29 is 4.39 Å². The molecule has 0 fully saturated rings. The van der Waals surface area contributed by atoms with Crippen molar-refractivity contribution in [2.75, 3.05) is 11.9 Å². The molecule has 0 atom stereocenters. The van der Waals surface area contributed by atoms with Crippen molar-refractivity contribution in [1.82, 2.24) is 0 Å². The fourth-order valence-corrected chi connectivity index (χ4v) is 1.17. The van der Waals surface area contributed by atoms with Crippen molar-refractivity contribution in [3.63, 3.8) is 0 Å². The second-order valence-corrected chi connectivity index (χ2v) is 3.04. The number of allylic oxidation sites excluding steroid dienone is 1. The molecule has 0 heterocycles. The van der Waals surface area contributed by atoms with Gasteiger partial charge in [-0.3, -0.25) is 0 Å². The predicted molar refractivity (Wildman–Crippen MR) is 54.7 cm³/mol. The number of rotatable bonds is 3. The zero-order chi connectivity index (χ0) is 9.68. The Morgan fingerprint density at radius 2 is 2.23 bits per heavy atom. The van der Waals surface area contributed by atoms with E-state index < -0.39 is 0 Å². The summed E-state index contributed by atoms with van der Waals surface area (Å²) in [5.41, 5.74) is 0.697. The topological polar surface area (TPSA) is 12.0 Å². The van der Waals surface area contributed by atoms with Gasteiger partial charge in [-0.15, -0.1) is 0 Å². The molecule has 70 valence electrons. The van der Waals surface area contributed by atoms with Crippen LogP contribution in [0.2, 0.25) is 5.02 Å². The maximum atomic E-state index is 12.8. The zero-order valence-corrected chi connectivity index (χ0v) is 8.11. The second-order valence-electron chi connectivity index (χ2n) is 2.61. The number of benzene rings is 1. The third-order valence-electron chi connectivity index (χ3n) is 1.52. The van der Waals surface area contributed by atoms with Gasteiger partial charge < -0.3 is 5.32 Å². The Bertz CT molecular complexity index is 290. The minimum Gasteiger partial charge on any atom is -0.381 e. The lowest BCUT2D eigenvalue weighted by Gasteiger charge is -2.03. The smallest absolute Gasteiger partial charge is 0.126 e. The Morgan fingerprint density at radius 3 is 2.85 bits per heavy atom. The summed E-state index contributed by atoms with van der Waals surface area (Å²) in [7, 11) is 0. The van der Waals surface area contributed by atoms with E-state index in [2.05, 4.69) is 5.32 Å². The van der Waals surface area contributed by atoms with Crippen molar-refractivity contribution in [2.24, 2.45) is 0 Å². The molecule has 0 aliphatic heterocycles. The lowest BCUT2D eigenvalue weighted by Crippen LogP contribution is -1.98. The quantitative estimate of drug-likeness (QED) is 0.736. The molecule has 0 saturated carbocycles. The third-order valence-corrected chi connectivity index (χ3v) is 1.74. The Balaban J connectivity index is 2.66. The van der Waals surface area contributed by atoms with Gasteiger partial charge in [-0.2, -0.15) is 0 Å². The second kappa shape index (κ2) is 4.87. The molecule has 0 unspecified atom stereocenters. The third kappa shape index (κ3) is 3.47. The number of halogens is 2. The molecule has 0 spiro atoms. The van der Waals surface area contributed by atoms with Crippen LogP contribution in [0.25, 0.3) is 0 Å². The lowest BCUT2D eigenvalue weighted by molar-refractivity contribution is 0.628. The fourth-order valence-electron chi connectivity index (χ4n) is 0.951. The largest absolute Gasteiger partial charge is 0.381 e. The van der Waals surface area contributed by atoms with E-state index in [-0.39, 0.29) is 5.82 Å². The van der Waals surface area contributed by atoms with Crippen molar-refractivity contribution in [3.05, 3.63) is 41.2 Å². The molecule has 3 heteroatoms. The molecule has 1 N–H and O–H groups in total. The summed E-state index contributed by atoms with van der Waals surface area (Å²) in [4.78, 5) is 0. The Hall–Kier alpha value is -1.02. The normalized spacial score (nSPS) is 10.7. The highest BCUT2D eigenvalue weighted by molar-refractivity contribution is 6.30. The molecule has 0 aliphatic rings. The van der Waals surface area contributed by atoms with Gasteiger partial charge in [0, 0.05) is 17.3 Å². The van der Waals surface area contributed by atoms with Crippen LogP contribution < -0.4 is 5.32 Å². The zero-order valence-electron chi connectivity index (χ0n) is 7.35. The van der Waals surface area contributed by atoms with Crippen LogP contribution in [0, 0.1) is 5.82 Å². The molecule has 0 aliphatic carbocycles. The number of hydrogen-bond acceptors (Lipinski definition) is 1. The van der Waals surface area contributed by atoms with Crippen molar-refractivity contribution in [3.8, 4) is 0 Å². The van der Waals surface area contributed by atoms with Gasteiger partial charge >= 0.3 is 0 Å². The molecule has 0 amide bonds. The van der Waals surface area contributed by atoms with Gasteiger partial charge in [0.2, 0.25) is 0 Å². The van der Waals surface area contributed by atoms with Gasteiger partial charge in [-0.25, -0.2) is 4.39 Å². The van der Waals surface area contributed by atoms with E-state index in [1.54, 1.807) is 6.07 Å². The molecule has 0 radical (unpaired) electrons. The average Bonchev–Trinajstić information content (AvgIpc) is 2.03. The van der Waals surface area contributed by atoms with Gasteiger partial charge in [-0.1, -0.05) is 23.8 Å². The van der Waals surface area contributed by atoms with E-state index in [1.165, 1.54) is 12.1 Å². The first-order valence-corrected chi connectivity index (χ1v) is 4.41. The minimum absolute atomic E-state index is 0.324. The first-order chi connectivity index (χ1) is 6.22. The van der Waals surface area contributed by atoms with E-state index >= 15 is 0 Å². The highest BCUT2D eigenvalue weighted by atomic mass is 35.5. The maximum absolute atomic E-state index is 12.8. The summed E-state index contributed by atoms with van der Waals surface area (Å²) in [5.74, 6) is -0.324. The van der Waals surface area contributed by atoms with E-state index in [9.17, 15) is 4.39 Å². The van der Waals surface area contributed by atoms with E-state index in [0.29, 0.717) is 17.3 Å². The van der Waals surface area contributed by atoms with Crippen LogP contribution in [0.4, 0.5) is 10.1 Å². The van der Waals surface area contributed by atoms with Crippen LogP contribution in [-0.4, -0.2) is 6.54 Å². The molecule has 13 heavy (non-hydrogen) atoms. The van der Waals surface area contributed by atoms with Gasteiger partial charge in [-0.05, 0) is 25.1 Å². The molecule has 1 aromatic carbocycles. The van der Waals surface area contributed by atoms with Crippen LogP contribution in [0.3, 0.4) is 0 Å². The summed E-state index contributed by atoms with van der Waals surface area (Å²) in [5, 5.41) is 3.42. The Kier molecular flexibility index (Phi) is 3.77. The van der Waals surface area contributed by atoms with Crippen LogP contribution in [0.15, 0.2) is 30.4 Å². The summed E-state index contributed by atoms with van der Waals surface area (Å²) < 4.78 is 12.8. The van der Waals surface area contributed by atoms with Crippen molar-refractivity contribution in [2.45, 2.75) is 6.92 Å². The fraction of sp³-hybridized carbons (Fsp3) is 0.200. The number of hydrogen-bond donors (Lipinski definition) is 1. The van der Waals surface area contributed by atoms with Crippen molar-refractivity contribution in [1.29, 1.82) is 0 Å². The molecule has 1 nitrogen and oxygen atoms in total. The molecule has 0 aromatic heterocycles. The highest BCUT2D eigenvalue weighted by Crippen LogP contribution is 2.17. The van der Waals surface area contributed by atoms with Crippen LogP contribution >= 0.6 is 11.6 Å². The first-order valence-electron chi connectivity index (χ1n) is 4.03. The summed E-state index contributed by atoms with van der Waals surface area (Å²) in [6, 6.07) is 4.38. The Morgan fingerprint density at radius 1 is 1.46 bits per heavy atom. The predicted octanol–water partition coefficient (Wildman–Crippen LogP) is 3.47. The van der Waals surface area contributed by atoms with Crippen LogP contribution in [0.5, 0.6) is 0 Å². The van der Waals surface area contributed by atoms with E-state index in [1.807, 2.05) is 19.1 Å². The molecule has 1 aromatic rings. The minimum atomic E-state index is -0.324. The standard InChI is InChI=1S/C10H11ClFN/c1-2-3-4-13-10-6-8(11)5-9(12)7-10/h2-3,5-7,13H,4H2,1H3/b3-2+. The van der Waals surface area contributed by atoms with Gasteiger partial charge in [0.15, 0.2) is 0 Å². The van der Waals surface area contributed by atoms with Crippen LogP contribution in [0.1, 0.15) is 6.92 Å². The van der Waals surface area contributed by atoms with Crippen LogP contribution in [-0.2, 0) is 0 Å². The van der Waals surface area contributed by atoms with E-state index in [4.69, 9.17) is 11.6 Å². The highest BCUT2D eigenvalue weighted by Gasteiger charge is 1.96. The molecular weight excluding hydrogens is 189 g/mol. The molecule has 0 saturated heterocycles. The SMILES string of the molecule is C/C=C/CNc1cc(F)cc(Cl)c1. The van der Waals surface area contributed by atoms with Crippen molar-refractivity contribution >= 4 is 17.3 Å². The average molecular weight is 200 g/mol. The van der Waals surface area contributed by atoms with Gasteiger partial charge in [0.25, 0.3) is 0 Å². The number of anilines is 1. The first kappa shape index (κ1) is 10.1.